The number of amides is 2. The average Bonchev–Trinajstić information content (AvgIpc) is 3.19. The molecule has 1 atom stereocenters. The van der Waals surface area contributed by atoms with Gasteiger partial charge >= 0.3 is 6.09 Å². The van der Waals surface area contributed by atoms with E-state index in [0.29, 0.717) is 5.56 Å². The number of nitrogens with one attached hydrogen (secondary N) is 2. The minimum atomic E-state index is -0.490. The molecule has 6 heteroatoms. The first kappa shape index (κ1) is 19.5. The quantitative estimate of drug-likeness (QED) is 0.753. The van der Waals surface area contributed by atoms with E-state index >= 15 is 0 Å². The molecule has 2 saturated carbocycles. The maximum absolute atomic E-state index is 12.4. The van der Waals surface area contributed by atoms with Crippen molar-refractivity contribution in [1.29, 1.82) is 0 Å². The normalized spacial score (nSPS) is 27.1. The van der Waals surface area contributed by atoms with Crippen molar-refractivity contribution >= 4 is 12.0 Å². The molecule has 0 radical (unpaired) electrons. The molecule has 0 saturated heterocycles. The lowest BCUT2D eigenvalue weighted by molar-refractivity contribution is 0.0512. The number of ether oxygens (including phenoxy) is 1. The average molecular weight is 374 g/mol. The lowest BCUT2D eigenvalue weighted by atomic mass is 9.82. The van der Waals surface area contributed by atoms with Crippen molar-refractivity contribution in [3.63, 3.8) is 0 Å². The number of benzene rings is 1. The molecule has 0 aliphatic heterocycles. The van der Waals surface area contributed by atoms with Gasteiger partial charge in [-0.05, 0) is 82.9 Å². The monoisotopic (exact) mass is 374 g/mol. The highest BCUT2D eigenvalue weighted by atomic mass is 16.6. The van der Waals surface area contributed by atoms with Gasteiger partial charge in [0.2, 0.25) is 0 Å². The minimum absolute atomic E-state index is 0.0172. The Bertz CT molecular complexity index is 730. The van der Waals surface area contributed by atoms with Gasteiger partial charge in [0, 0.05) is 12.1 Å². The molecule has 3 N–H and O–H groups in total. The number of aromatic hydroxyl groups is 1. The van der Waals surface area contributed by atoms with Gasteiger partial charge in [-0.25, -0.2) is 4.79 Å². The Hall–Kier alpha value is -2.24. The number of hydrogen-bond acceptors (Lipinski definition) is 4. The summed E-state index contributed by atoms with van der Waals surface area (Å²) in [6.07, 6.45) is 4.33. The van der Waals surface area contributed by atoms with E-state index in [1.165, 1.54) is 0 Å². The largest absolute Gasteiger partial charge is 0.507 e. The lowest BCUT2D eigenvalue weighted by Crippen LogP contribution is -2.40. The topological polar surface area (TPSA) is 87.7 Å². The van der Waals surface area contributed by atoms with Crippen LogP contribution < -0.4 is 10.6 Å². The Kier molecular flexibility index (Phi) is 5.10. The van der Waals surface area contributed by atoms with Crippen LogP contribution in [0.2, 0.25) is 0 Å². The third kappa shape index (κ3) is 4.73. The Morgan fingerprint density at radius 2 is 1.85 bits per heavy atom. The van der Waals surface area contributed by atoms with E-state index in [0.717, 1.165) is 37.7 Å². The van der Waals surface area contributed by atoms with Crippen molar-refractivity contribution < 1.29 is 19.4 Å². The van der Waals surface area contributed by atoms with Gasteiger partial charge in [-0.1, -0.05) is 6.07 Å². The zero-order chi connectivity index (χ0) is 19.8. The zero-order valence-corrected chi connectivity index (χ0v) is 16.6. The Labute approximate surface area is 160 Å². The number of phenolic OH excluding ortho intramolecular Hbond substituents is 1. The third-order valence-corrected chi connectivity index (χ3v) is 5.60. The summed E-state index contributed by atoms with van der Waals surface area (Å²) in [7, 11) is 0. The van der Waals surface area contributed by atoms with Crippen LogP contribution in [0.15, 0.2) is 18.2 Å². The second-order valence-electron chi connectivity index (χ2n) is 9.03. The standard InChI is InChI=1S/C21H30N2O4/c1-13-5-6-15(16(24)11-13)18(25)22-14-7-9-21(10-8-14)12-17(21)23-19(26)27-20(2,3)4/h5-6,11,14,17,24H,7-10,12H2,1-4H3,(H,22,25)(H,23,26). The number of carbonyl (C=O) groups excluding carboxylic acids is 2. The highest BCUT2D eigenvalue weighted by molar-refractivity contribution is 5.97. The SMILES string of the molecule is Cc1ccc(C(=O)NC2CCC3(CC2)CC3NC(=O)OC(C)(C)C)c(O)c1. The van der Waals surface area contributed by atoms with Gasteiger partial charge in [0.05, 0.1) is 5.56 Å². The molecule has 1 aromatic carbocycles. The van der Waals surface area contributed by atoms with E-state index in [-0.39, 0.29) is 35.2 Å². The predicted molar refractivity (Wildman–Crippen MR) is 103 cm³/mol. The van der Waals surface area contributed by atoms with Crippen LogP contribution in [-0.2, 0) is 4.74 Å². The van der Waals surface area contributed by atoms with Crippen molar-refractivity contribution in [3.8, 4) is 5.75 Å². The summed E-state index contributed by atoms with van der Waals surface area (Å²) in [5.41, 5.74) is 0.900. The van der Waals surface area contributed by atoms with Crippen LogP contribution >= 0.6 is 0 Å². The molecule has 2 amide bonds. The predicted octanol–water partition coefficient (Wildman–Crippen LogP) is 3.66. The zero-order valence-electron chi connectivity index (χ0n) is 16.6. The molecule has 2 aliphatic rings. The smallest absolute Gasteiger partial charge is 0.407 e. The van der Waals surface area contributed by atoms with Crippen LogP contribution in [0, 0.1) is 12.3 Å². The first-order valence-electron chi connectivity index (χ1n) is 9.68. The van der Waals surface area contributed by atoms with Crippen molar-refractivity contribution in [2.24, 2.45) is 5.41 Å². The molecule has 1 spiro atoms. The molecular formula is C21H30N2O4. The summed E-state index contributed by atoms with van der Waals surface area (Å²) < 4.78 is 5.33. The fourth-order valence-electron chi connectivity index (χ4n) is 3.99. The van der Waals surface area contributed by atoms with Crippen molar-refractivity contribution in [2.75, 3.05) is 0 Å². The second-order valence-corrected chi connectivity index (χ2v) is 9.03. The van der Waals surface area contributed by atoms with Crippen molar-refractivity contribution in [1.82, 2.24) is 10.6 Å². The molecule has 1 aromatic rings. The third-order valence-electron chi connectivity index (χ3n) is 5.60. The molecule has 2 fully saturated rings. The number of alkyl carbamates (subject to hydrolysis) is 1. The van der Waals surface area contributed by atoms with Gasteiger partial charge in [0.1, 0.15) is 11.4 Å². The molecule has 0 bridgehead atoms. The van der Waals surface area contributed by atoms with Crippen LogP contribution in [0.1, 0.15) is 68.8 Å². The van der Waals surface area contributed by atoms with E-state index in [9.17, 15) is 14.7 Å². The molecule has 1 unspecified atom stereocenters. The van der Waals surface area contributed by atoms with Crippen LogP contribution in [0.4, 0.5) is 4.79 Å². The summed E-state index contributed by atoms with van der Waals surface area (Å²) in [5, 5.41) is 16.0. The molecular weight excluding hydrogens is 344 g/mol. The molecule has 0 heterocycles. The number of carbonyl (C=O) groups is 2. The summed E-state index contributed by atoms with van der Waals surface area (Å²) in [6.45, 7) is 7.44. The number of hydrogen-bond donors (Lipinski definition) is 3. The highest BCUT2D eigenvalue weighted by Gasteiger charge is 2.56. The van der Waals surface area contributed by atoms with E-state index in [4.69, 9.17) is 4.74 Å². The Balaban J connectivity index is 1.47. The van der Waals surface area contributed by atoms with Gasteiger partial charge in [-0.3, -0.25) is 4.79 Å². The van der Waals surface area contributed by atoms with Gasteiger partial charge in [-0.15, -0.1) is 0 Å². The van der Waals surface area contributed by atoms with Gasteiger partial charge < -0.3 is 20.5 Å². The Morgan fingerprint density at radius 1 is 1.19 bits per heavy atom. The maximum atomic E-state index is 12.4. The summed E-state index contributed by atoms with van der Waals surface area (Å²) in [5.74, 6) is -0.212. The van der Waals surface area contributed by atoms with Crippen LogP contribution in [0.5, 0.6) is 5.75 Å². The van der Waals surface area contributed by atoms with Crippen molar-refractivity contribution in [2.45, 2.75) is 77.5 Å². The van der Waals surface area contributed by atoms with Crippen LogP contribution in [-0.4, -0.2) is 34.8 Å². The minimum Gasteiger partial charge on any atom is -0.507 e. The molecule has 6 nitrogen and oxygen atoms in total. The number of aryl methyl sites for hydroxylation is 1. The van der Waals surface area contributed by atoms with E-state index < -0.39 is 5.60 Å². The van der Waals surface area contributed by atoms with Crippen LogP contribution in [0.25, 0.3) is 0 Å². The van der Waals surface area contributed by atoms with E-state index in [1.807, 2.05) is 33.8 Å². The molecule has 2 aliphatic carbocycles. The van der Waals surface area contributed by atoms with Crippen LogP contribution in [0.3, 0.4) is 0 Å². The molecule has 27 heavy (non-hydrogen) atoms. The number of phenols is 1. The van der Waals surface area contributed by atoms with E-state index in [2.05, 4.69) is 10.6 Å². The number of rotatable bonds is 3. The summed E-state index contributed by atoms with van der Waals surface area (Å²) >= 11 is 0. The maximum Gasteiger partial charge on any atom is 0.407 e. The second kappa shape index (κ2) is 7.06. The summed E-state index contributed by atoms with van der Waals surface area (Å²) in [6, 6.07) is 5.35. The van der Waals surface area contributed by atoms with Gasteiger partial charge in [0.25, 0.3) is 5.91 Å². The Morgan fingerprint density at radius 3 is 2.44 bits per heavy atom. The fraction of sp³-hybridized carbons (Fsp3) is 0.619. The van der Waals surface area contributed by atoms with Gasteiger partial charge in [-0.2, -0.15) is 0 Å². The lowest BCUT2D eigenvalue weighted by Gasteiger charge is -2.30. The first-order chi connectivity index (χ1) is 12.6. The van der Waals surface area contributed by atoms with E-state index in [1.54, 1.807) is 12.1 Å². The molecule has 0 aromatic heterocycles. The highest BCUT2D eigenvalue weighted by Crippen LogP contribution is 2.56. The van der Waals surface area contributed by atoms with Gasteiger partial charge in [0.15, 0.2) is 0 Å². The molecule has 148 valence electrons. The van der Waals surface area contributed by atoms with Crippen molar-refractivity contribution in [3.05, 3.63) is 29.3 Å². The fourth-order valence-corrected chi connectivity index (χ4v) is 3.99. The summed E-state index contributed by atoms with van der Waals surface area (Å²) in [4.78, 5) is 24.4. The molecule has 3 rings (SSSR count). The first-order valence-corrected chi connectivity index (χ1v) is 9.68.